The standard InChI is InChI=1S/C16H20N2O3/c1-8(2)16(5)15(21)17-13(18-16)11-7-6-9(3)10(4)12(11)14(19)20/h6-8H,1-5H3,(H,19,20)(H,17,18,21). The Hall–Kier alpha value is -2.17. The molecule has 0 fully saturated rings. The predicted molar refractivity (Wildman–Crippen MR) is 80.8 cm³/mol. The predicted octanol–water partition coefficient (Wildman–Crippen LogP) is 2.29. The van der Waals surface area contributed by atoms with E-state index in [0.29, 0.717) is 17.0 Å². The molecule has 0 radical (unpaired) electrons. The van der Waals surface area contributed by atoms with Crippen molar-refractivity contribution in [3.05, 3.63) is 34.4 Å². The van der Waals surface area contributed by atoms with Gasteiger partial charge in [0.2, 0.25) is 0 Å². The van der Waals surface area contributed by atoms with Crippen LogP contribution in [0.25, 0.3) is 0 Å². The summed E-state index contributed by atoms with van der Waals surface area (Å²) >= 11 is 0. The summed E-state index contributed by atoms with van der Waals surface area (Å²) < 4.78 is 0. The molecule has 112 valence electrons. The number of hydrogen-bond donors (Lipinski definition) is 2. The van der Waals surface area contributed by atoms with E-state index in [4.69, 9.17) is 0 Å². The van der Waals surface area contributed by atoms with E-state index < -0.39 is 11.5 Å². The molecule has 0 spiro atoms. The number of nitrogens with zero attached hydrogens (tertiary/aromatic N) is 1. The van der Waals surface area contributed by atoms with Gasteiger partial charge in [0, 0.05) is 5.56 Å². The molecule has 1 heterocycles. The van der Waals surface area contributed by atoms with Gasteiger partial charge >= 0.3 is 5.97 Å². The minimum Gasteiger partial charge on any atom is -0.478 e. The number of carbonyl (C=O) groups excluding carboxylic acids is 1. The third-order valence-electron chi connectivity index (χ3n) is 4.36. The van der Waals surface area contributed by atoms with Crippen LogP contribution in [0.5, 0.6) is 0 Å². The molecule has 1 amide bonds. The van der Waals surface area contributed by atoms with E-state index in [1.165, 1.54) is 0 Å². The van der Waals surface area contributed by atoms with Gasteiger partial charge in [-0.05, 0) is 37.8 Å². The summed E-state index contributed by atoms with van der Waals surface area (Å²) in [5.74, 6) is -0.838. The van der Waals surface area contributed by atoms with Crippen LogP contribution in [-0.2, 0) is 4.79 Å². The van der Waals surface area contributed by atoms with Gasteiger partial charge in [0.25, 0.3) is 5.91 Å². The maximum atomic E-state index is 12.2. The number of aromatic carboxylic acids is 1. The van der Waals surface area contributed by atoms with Gasteiger partial charge in [0.15, 0.2) is 0 Å². The lowest BCUT2D eigenvalue weighted by atomic mass is 9.89. The highest BCUT2D eigenvalue weighted by molar-refractivity contribution is 6.18. The molecule has 1 atom stereocenters. The van der Waals surface area contributed by atoms with Crippen LogP contribution >= 0.6 is 0 Å². The summed E-state index contributed by atoms with van der Waals surface area (Å²) in [7, 11) is 0. The Kier molecular flexibility index (Phi) is 3.61. The first-order valence-electron chi connectivity index (χ1n) is 6.93. The number of carbonyl (C=O) groups is 2. The number of aliphatic imine (C=N–C) groups is 1. The van der Waals surface area contributed by atoms with Crippen molar-refractivity contribution in [2.24, 2.45) is 10.9 Å². The van der Waals surface area contributed by atoms with E-state index in [0.717, 1.165) is 5.56 Å². The molecule has 1 aromatic rings. The van der Waals surface area contributed by atoms with Gasteiger partial charge in [-0.25, -0.2) is 4.79 Å². The summed E-state index contributed by atoms with van der Waals surface area (Å²) in [6.07, 6.45) is 0. The first-order chi connectivity index (χ1) is 9.68. The molecule has 1 unspecified atom stereocenters. The number of amidine groups is 1. The topological polar surface area (TPSA) is 78.8 Å². The number of rotatable bonds is 3. The molecular formula is C16H20N2O3. The van der Waals surface area contributed by atoms with Gasteiger partial charge in [0.1, 0.15) is 11.4 Å². The molecular weight excluding hydrogens is 268 g/mol. The minimum absolute atomic E-state index is 0.0230. The van der Waals surface area contributed by atoms with E-state index in [-0.39, 0.29) is 17.4 Å². The second-order valence-electron chi connectivity index (χ2n) is 5.95. The Morgan fingerprint density at radius 3 is 2.43 bits per heavy atom. The summed E-state index contributed by atoms with van der Waals surface area (Å²) in [6, 6.07) is 3.55. The van der Waals surface area contributed by atoms with Crippen molar-refractivity contribution in [3.8, 4) is 0 Å². The number of aryl methyl sites for hydroxylation is 1. The first-order valence-corrected chi connectivity index (χ1v) is 6.93. The first kappa shape index (κ1) is 15.2. The van der Waals surface area contributed by atoms with Crippen LogP contribution in [-0.4, -0.2) is 28.4 Å². The molecule has 0 saturated carbocycles. The third kappa shape index (κ3) is 2.33. The van der Waals surface area contributed by atoms with Gasteiger partial charge in [-0.1, -0.05) is 26.0 Å². The van der Waals surface area contributed by atoms with E-state index >= 15 is 0 Å². The summed E-state index contributed by atoms with van der Waals surface area (Å²) in [5.41, 5.74) is 1.39. The molecule has 5 heteroatoms. The Morgan fingerprint density at radius 2 is 1.95 bits per heavy atom. The zero-order valence-corrected chi connectivity index (χ0v) is 12.9. The number of hydrogen-bond acceptors (Lipinski definition) is 3. The van der Waals surface area contributed by atoms with Crippen LogP contribution in [0.4, 0.5) is 0 Å². The van der Waals surface area contributed by atoms with E-state index in [2.05, 4.69) is 10.3 Å². The molecule has 2 rings (SSSR count). The molecule has 2 N–H and O–H groups in total. The van der Waals surface area contributed by atoms with Gasteiger partial charge in [-0.2, -0.15) is 0 Å². The van der Waals surface area contributed by atoms with Crippen LogP contribution in [0, 0.1) is 19.8 Å². The van der Waals surface area contributed by atoms with E-state index in [1.807, 2.05) is 26.8 Å². The fourth-order valence-electron chi connectivity index (χ4n) is 2.35. The van der Waals surface area contributed by atoms with Crippen LogP contribution in [0.2, 0.25) is 0 Å². The van der Waals surface area contributed by atoms with E-state index in [1.54, 1.807) is 19.9 Å². The number of carboxylic acids is 1. The molecule has 0 aromatic heterocycles. The highest BCUT2D eigenvalue weighted by Gasteiger charge is 2.42. The normalized spacial score (nSPS) is 21.4. The fraction of sp³-hybridized carbons (Fsp3) is 0.438. The van der Waals surface area contributed by atoms with Gasteiger partial charge < -0.3 is 10.4 Å². The zero-order chi connectivity index (χ0) is 15.9. The molecule has 1 aromatic carbocycles. The maximum absolute atomic E-state index is 12.2. The Balaban J connectivity index is 2.62. The van der Waals surface area contributed by atoms with Crippen molar-refractivity contribution < 1.29 is 14.7 Å². The zero-order valence-electron chi connectivity index (χ0n) is 12.9. The number of carboxylic acid groups (broad SMARTS) is 1. The highest BCUT2D eigenvalue weighted by Crippen LogP contribution is 2.28. The number of benzene rings is 1. The summed E-state index contributed by atoms with van der Waals surface area (Å²) in [4.78, 5) is 28.2. The quantitative estimate of drug-likeness (QED) is 0.895. The lowest BCUT2D eigenvalue weighted by Gasteiger charge is -2.21. The number of nitrogens with one attached hydrogen (secondary N) is 1. The van der Waals surface area contributed by atoms with Crippen molar-refractivity contribution in [2.75, 3.05) is 0 Å². The van der Waals surface area contributed by atoms with Crippen LogP contribution in [0.3, 0.4) is 0 Å². The summed E-state index contributed by atoms with van der Waals surface area (Å²) in [6.45, 7) is 9.23. The Bertz CT molecular complexity index is 662. The monoisotopic (exact) mass is 288 g/mol. The molecule has 0 saturated heterocycles. The lowest BCUT2D eigenvalue weighted by Crippen LogP contribution is -2.41. The van der Waals surface area contributed by atoms with Crippen molar-refractivity contribution >= 4 is 17.7 Å². The average molecular weight is 288 g/mol. The second kappa shape index (κ2) is 4.98. The minimum atomic E-state index is -1.01. The number of amides is 1. The Labute approximate surface area is 124 Å². The fourth-order valence-corrected chi connectivity index (χ4v) is 2.35. The molecule has 0 bridgehead atoms. The second-order valence-corrected chi connectivity index (χ2v) is 5.95. The van der Waals surface area contributed by atoms with Crippen molar-refractivity contribution in [1.82, 2.24) is 5.32 Å². The van der Waals surface area contributed by atoms with Crippen LogP contribution in [0.1, 0.15) is 47.8 Å². The van der Waals surface area contributed by atoms with Crippen molar-refractivity contribution in [2.45, 2.75) is 40.2 Å². The smallest absolute Gasteiger partial charge is 0.336 e. The summed E-state index contributed by atoms with van der Waals surface area (Å²) in [5, 5.41) is 12.2. The lowest BCUT2D eigenvalue weighted by molar-refractivity contribution is -0.124. The van der Waals surface area contributed by atoms with E-state index in [9.17, 15) is 14.7 Å². The molecule has 1 aliphatic heterocycles. The van der Waals surface area contributed by atoms with Crippen molar-refractivity contribution in [1.29, 1.82) is 0 Å². The third-order valence-corrected chi connectivity index (χ3v) is 4.36. The van der Waals surface area contributed by atoms with Gasteiger partial charge in [-0.3, -0.25) is 9.79 Å². The largest absolute Gasteiger partial charge is 0.478 e. The van der Waals surface area contributed by atoms with Gasteiger partial charge in [-0.15, -0.1) is 0 Å². The van der Waals surface area contributed by atoms with Crippen LogP contribution in [0.15, 0.2) is 17.1 Å². The molecule has 1 aliphatic rings. The SMILES string of the molecule is Cc1ccc(C2=NC(C)(C(C)C)C(=O)N2)c(C(=O)O)c1C. The Morgan fingerprint density at radius 1 is 1.33 bits per heavy atom. The van der Waals surface area contributed by atoms with Crippen molar-refractivity contribution in [3.63, 3.8) is 0 Å². The average Bonchev–Trinajstić information content (AvgIpc) is 2.69. The maximum Gasteiger partial charge on any atom is 0.336 e. The highest BCUT2D eigenvalue weighted by atomic mass is 16.4. The molecule has 21 heavy (non-hydrogen) atoms. The molecule has 0 aliphatic carbocycles. The molecule has 5 nitrogen and oxygen atoms in total. The van der Waals surface area contributed by atoms with Crippen LogP contribution < -0.4 is 5.32 Å². The van der Waals surface area contributed by atoms with Gasteiger partial charge in [0.05, 0.1) is 5.56 Å².